The van der Waals surface area contributed by atoms with Crippen LogP contribution in [0.25, 0.3) is 11.3 Å². The van der Waals surface area contributed by atoms with Crippen molar-refractivity contribution in [1.29, 1.82) is 0 Å². The van der Waals surface area contributed by atoms with Crippen molar-refractivity contribution >= 4 is 33.5 Å². The number of nitrogens with zero attached hydrogens (tertiary/aromatic N) is 2. The Bertz CT molecular complexity index is 827. The highest BCUT2D eigenvalue weighted by atomic mass is 79.9. The second-order valence-corrected chi connectivity index (χ2v) is 5.93. The third-order valence-electron chi connectivity index (χ3n) is 3.34. The van der Waals surface area contributed by atoms with Gasteiger partial charge in [0.15, 0.2) is 11.6 Å². The molecule has 0 saturated carbocycles. The van der Waals surface area contributed by atoms with E-state index in [-0.39, 0.29) is 38.9 Å². The van der Waals surface area contributed by atoms with E-state index in [0.717, 1.165) is 6.07 Å². The largest absolute Gasteiger partial charge is 0.492 e. The molecule has 0 amide bonds. The zero-order chi connectivity index (χ0) is 18.9. The molecule has 1 aromatic carbocycles. The number of ether oxygens (including phenoxy) is 2. The average Bonchev–Trinajstić information content (AvgIpc) is 2.83. The Morgan fingerprint density at radius 2 is 2.12 bits per heavy atom. The van der Waals surface area contributed by atoms with E-state index in [1.54, 1.807) is 6.92 Å². The van der Waals surface area contributed by atoms with Crippen LogP contribution in [0.5, 0.6) is 5.75 Å². The fourth-order valence-electron chi connectivity index (χ4n) is 2.24. The normalized spacial score (nSPS) is 11.1. The first-order chi connectivity index (χ1) is 11.7. The quantitative estimate of drug-likeness (QED) is 0.613. The van der Waals surface area contributed by atoms with Gasteiger partial charge in [0, 0.05) is 5.56 Å². The molecule has 25 heavy (non-hydrogen) atoms. The number of aryl methyl sites for hydroxylation is 1. The number of alkyl halides is 2. The highest BCUT2D eigenvalue weighted by Gasteiger charge is 2.28. The minimum absolute atomic E-state index is 0.0390. The van der Waals surface area contributed by atoms with Gasteiger partial charge in [0.2, 0.25) is 0 Å². The van der Waals surface area contributed by atoms with Gasteiger partial charge in [-0.2, -0.15) is 8.78 Å². The first-order valence-electron chi connectivity index (χ1n) is 7.00. The number of methoxy groups -OCH3 is 1. The van der Waals surface area contributed by atoms with Crippen molar-refractivity contribution < 1.29 is 27.4 Å². The molecule has 0 unspecified atom stereocenters. The van der Waals surface area contributed by atoms with Gasteiger partial charge < -0.3 is 9.47 Å². The number of carbonyl (C=O) groups is 1. The number of hydrogen-bond acceptors (Lipinski definition) is 4. The molecule has 5 nitrogen and oxygen atoms in total. The lowest BCUT2D eigenvalue weighted by molar-refractivity contribution is 0.0525. The van der Waals surface area contributed by atoms with Crippen LogP contribution in [0.3, 0.4) is 0 Å². The molecule has 0 N–H and O–H groups in total. The van der Waals surface area contributed by atoms with Gasteiger partial charge in [-0.15, -0.1) is 0 Å². The molecule has 0 bridgehead atoms. The number of rotatable bonds is 5. The predicted octanol–water partition coefficient (Wildman–Crippen LogP) is 4.99. The first kappa shape index (κ1) is 19.6. The van der Waals surface area contributed by atoms with E-state index in [0.29, 0.717) is 4.57 Å². The van der Waals surface area contributed by atoms with Gasteiger partial charge in [0.25, 0.3) is 0 Å². The Morgan fingerprint density at radius 1 is 1.48 bits per heavy atom. The van der Waals surface area contributed by atoms with Crippen molar-refractivity contribution in [2.45, 2.75) is 20.4 Å². The maximum atomic E-state index is 14.8. The Labute approximate surface area is 154 Å². The third kappa shape index (κ3) is 3.48. The van der Waals surface area contributed by atoms with Crippen LogP contribution >= 0.6 is 27.5 Å². The van der Waals surface area contributed by atoms with Gasteiger partial charge in [-0.25, -0.2) is 14.2 Å². The summed E-state index contributed by atoms with van der Waals surface area (Å²) in [6.07, 6.45) is 0. The Kier molecular flexibility index (Phi) is 5.99. The van der Waals surface area contributed by atoms with Crippen LogP contribution in [0.2, 0.25) is 5.02 Å². The van der Waals surface area contributed by atoms with Crippen molar-refractivity contribution in [2.24, 2.45) is 0 Å². The molecule has 0 saturated heterocycles. The first-order valence-corrected chi connectivity index (χ1v) is 8.17. The molecule has 0 aliphatic heterocycles. The Morgan fingerprint density at radius 3 is 2.60 bits per heavy atom. The summed E-state index contributed by atoms with van der Waals surface area (Å²) in [6.45, 7) is 0.139. The van der Waals surface area contributed by atoms with E-state index < -0.39 is 24.1 Å². The smallest absolute Gasteiger partial charge is 0.339 e. The molecule has 2 aromatic rings. The Balaban J connectivity index is 2.76. The lowest BCUT2D eigenvalue weighted by atomic mass is 10.1. The van der Waals surface area contributed by atoms with E-state index in [1.165, 1.54) is 14.0 Å². The molecule has 0 aliphatic carbocycles. The number of imidazole rings is 1. The van der Waals surface area contributed by atoms with Crippen LogP contribution in [-0.2, 0) is 4.74 Å². The van der Waals surface area contributed by atoms with Gasteiger partial charge in [-0.3, -0.25) is 4.57 Å². The van der Waals surface area contributed by atoms with E-state index in [2.05, 4.69) is 20.9 Å². The molecular weight excluding hydrogens is 429 g/mol. The number of hydrogen-bond donors (Lipinski definition) is 0. The molecule has 2 rings (SSSR count). The van der Waals surface area contributed by atoms with E-state index in [9.17, 15) is 18.0 Å². The van der Waals surface area contributed by atoms with Crippen molar-refractivity contribution in [2.75, 3.05) is 13.7 Å². The maximum Gasteiger partial charge on any atom is 0.339 e. The summed E-state index contributed by atoms with van der Waals surface area (Å²) in [5.41, 5.74) is -0.498. The summed E-state index contributed by atoms with van der Waals surface area (Å²) in [6, 6.07) is 1.10. The average molecular weight is 442 g/mol. The molecule has 1 aromatic heterocycles. The fourth-order valence-corrected chi connectivity index (χ4v) is 3.24. The molecule has 0 fully saturated rings. The molecule has 0 radical (unpaired) electrons. The molecule has 10 heteroatoms. The number of esters is 1. The van der Waals surface area contributed by atoms with Crippen molar-refractivity contribution in [1.82, 2.24) is 9.55 Å². The van der Waals surface area contributed by atoms with Gasteiger partial charge in [0.05, 0.1) is 19.3 Å². The number of halogens is 5. The van der Waals surface area contributed by atoms with Crippen LogP contribution in [0, 0.1) is 12.7 Å². The SMILES string of the molecule is CCOC(=O)c1cc(-c2nc(C)n(C(F)F)c2Br)c(F)c(OC)c1Cl. The summed E-state index contributed by atoms with van der Waals surface area (Å²) < 4.78 is 51.2. The maximum absolute atomic E-state index is 14.8. The zero-order valence-electron chi connectivity index (χ0n) is 13.4. The highest BCUT2D eigenvalue weighted by molar-refractivity contribution is 9.10. The van der Waals surface area contributed by atoms with Gasteiger partial charge in [0.1, 0.15) is 21.1 Å². The summed E-state index contributed by atoms with van der Waals surface area (Å²) in [5.74, 6) is -2.17. The standard InChI is InChI=1S/C15H13BrClF3N2O3/c1-4-25-14(23)7-5-8(10(18)12(24-3)9(7)17)11-13(16)22(15(19)20)6(2)21-11/h5,15H,4H2,1-3H3. The van der Waals surface area contributed by atoms with E-state index in [4.69, 9.17) is 21.1 Å². The van der Waals surface area contributed by atoms with Crippen molar-refractivity contribution in [3.63, 3.8) is 0 Å². The van der Waals surface area contributed by atoms with Gasteiger partial charge >= 0.3 is 12.5 Å². The van der Waals surface area contributed by atoms with Crippen LogP contribution < -0.4 is 4.74 Å². The third-order valence-corrected chi connectivity index (χ3v) is 4.47. The van der Waals surface area contributed by atoms with Crippen LogP contribution in [0.4, 0.5) is 13.2 Å². The summed E-state index contributed by atoms with van der Waals surface area (Å²) in [5, 5.41) is -0.275. The monoisotopic (exact) mass is 440 g/mol. The molecular formula is C15H13BrClF3N2O3. The van der Waals surface area contributed by atoms with Crippen molar-refractivity contribution in [3.8, 4) is 17.0 Å². The molecule has 0 atom stereocenters. The molecule has 0 spiro atoms. The number of carbonyl (C=O) groups excluding carboxylic acids is 1. The minimum Gasteiger partial charge on any atom is -0.492 e. The fraction of sp³-hybridized carbons (Fsp3) is 0.333. The van der Waals surface area contributed by atoms with Crippen LogP contribution in [0.1, 0.15) is 29.7 Å². The molecule has 0 aliphatic rings. The van der Waals surface area contributed by atoms with Crippen LogP contribution in [-0.4, -0.2) is 29.2 Å². The van der Waals surface area contributed by atoms with E-state index >= 15 is 0 Å². The zero-order valence-corrected chi connectivity index (χ0v) is 15.7. The summed E-state index contributed by atoms with van der Waals surface area (Å²) >= 11 is 9.00. The Hall–Kier alpha value is -1.74. The summed E-state index contributed by atoms with van der Waals surface area (Å²) in [7, 11) is 1.17. The minimum atomic E-state index is -2.88. The van der Waals surface area contributed by atoms with Crippen molar-refractivity contribution in [3.05, 3.63) is 32.9 Å². The van der Waals surface area contributed by atoms with Gasteiger partial charge in [-0.1, -0.05) is 11.6 Å². The lowest BCUT2D eigenvalue weighted by Crippen LogP contribution is -2.08. The topological polar surface area (TPSA) is 53.3 Å². The molecule has 1 heterocycles. The summed E-state index contributed by atoms with van der Waals surface area (Å²) in [4.78, 5) is 16.0. The lowest BCUT2D eigenvalue weighted by Gasteiger charge is -2.13. The second-order valence-electron chi connectivity index (χ2n) is 4.80. The van der Waals surface area contributed by atoms with Crippen LogP contribution in [0.15, 0.2) is 10.7 Å². The second kappa shape index (κ2) is 7.65. The molecule has 136 valence electrons. The number of benzene rings is 1. The predicted molar refractivity (Wildman–Crippen MR) is 88.8 cm³/mol. The van der Waals surface area contributed by atoms with E-state index in [1.807, 2.05) is 0 Å². The highest BCUT2D eigenvalue weighted by Crippen LogP contribution is 2.41. The van der Waals surface area contributed by atoms with Gasteiger partial charge in [-0.05, 0) is 35.8 Å². The number of aromatic nitrogens is 2.